The molecule has 0 radical (unpaired) electrons. The van der Waals surface area contributed by atoms with E-state index in [1.165, 1.54) is 0 Å². The normalized spacial score (nSPS) is 10.9. The zero-order valence-electron chi connectivity index (χ0n) is 13.8. The lowest BCUT2D eigenvalue weighted by molar-refractivity contribution is 0.0692. The molecule has 0 saturated carbocycles. The summed E-state index contributed by atoms with van der Waals surface area (Å²) in [6, 6.07) is 22.6. The Morgan fingerprint density at radius 2 is 1.35 bits per heavy atom. The Kier molecular flexibility index (Phi) is 3.66. The molecule has 4 aromatic carbocycles. The summed E-state index contributed by atoms with van der Waals surface area (Å²) in [5.74, 6) is -1.92. The van der Waals surface area contributed by atoms with E-state index in [0.717, 1.165) is 27.3 Å². The van der Waals surface area contributed by atoms with E-state index in [1.54, 1.807) is 18.2 Å². The van der Waals surface area contributed by atoms with E-state index < -0.39 is 11.9 Å². The average molecular weight is 341 g/mol. The fourth-order valence-corrected chi connectivity index (χ4v) is 3.49. The molecule has 0 heterocycles. The van der Waals surface area contributed by atoms with Crippen molar-refractivity contribution in [2.24, 2.45) is 5.73 Å². The van der Waals surface area contributed by atoms with Gasteiger partial charge in [0.1, 0.15) is 0 Å². The molecule has 0 atom stereocenters. The molecule has 4 heteroatoms. The molecule has 0 bridgehead atoms. The average Bonchev–Trinajstić information content (AvgIpc) is 2.66. The standard InChI is InChI=1S/C22H15NO3/c23-21(24)20-17-10-4-3-9-16(17)18(12-19(20)22(25)26)15-11-5-7-13-6-1-2-8-14(13)15/h1-12H,(H2,23,24)(H,25,26). The maximum atomic E-state index is 12.0. The zero-order valence-corrected chi connectivity index (χ0v) is 13.8. The Morgan fingerprint density at radius 3 is 2.04 bits per heavy atom. The molecule has 26 heavy (non-hydrogen) atoms. The van der Waals surface area contributed by atoms with Crippen molar-refractivity contribution >= 4 is 33.4 Å². The molecule has 0 aromatic heterocycles. The molecule has 4 nitrogen and oxygen atoms in total. The smallest absolute Gasteiger partial charge is 0.336 e. The van der Waals surface area contributed by atoms with Crippen LogP contribution in [0.3, 0.4) is 0 Å². The molecular weight excluding hydrogens is 326 g/mol. The summed E-state index contributed by atoms with van der Waals surface area (Å²) >= 11 is 0. The number of hydrogen-bond donors (Lipinski definition) is 2. The molecule has 0 aliphatic rings. The molecule has 0 spiro atoms. The molecule has 1 amide bonds. The van der Waals surface area contributed by atoms with Crippen molar-refractivity contribution in [2.75, 3.05) is 0 Å². The molecule has 0 fully saturated rings. The van der Waals surface area contributed by atoms with Gasteiger partial charge in [-0.05, 0) is 38.7 Å². The van der Waals surface area contributed by atoms with Crippen LogP contribution in [-0.4, -0.2) is 17.0 Å². The Balaban J connectivity index is 2.19. The van der Waals surface area contributed by atoms with Crippen LogP contribution in [0.25, 0.3) is 32.7 Å². The number of aromatic carboxylic acids is 1. The van der Waals surface area contributed by atoms with Crippen molar-refractivity contribution in [2.45, 2.75) is 0 Å². The summed E-state index contributed by atoms with van der Waals surface area (Å²) < 4.78 is 0. The molecule has 3 N–H and O–H groups in total. The zero-order chi connectivity index (χ0) is 18.3. The van der Waals surface area contributed by atoms with Crippen LogP contribution in [0, 0.1) is 0 Å². The third kappa shape index (κ3) is 2.40. The molecule has 0 unspecified atom stereocenters. The first-order valence-electron chi connectivity index (χ1n) is 8.15. The first-order valence-corrected chi connectivity index (χ1v) is 8.15. The van der Waals surface area contributed by atoms with E-state index in [0.29, 0.717) is 5.39 Å². The number of benzene rings is 4. The van der Waals surface area contributed by atoms with Crippen molar-refractivity contribution in [3.8, 4) is 11.1 Å². The van der Waals surface area contributed by atoms with Gasteiger partial charge < -0.3 is 10.8 Å². The van der Waals surface area contributed by atoms with Gasteiger partial charge in [0.2, 0.25) is 5.91 Å². The van der Waals surface area contributed by atoms with Crippen LogP contribution in [0.15, 0.2) is 72.8 Å². The van der Waals surface area contributed by atoms with E-state index in [1.807, 2.05) is 54.6 Å². The molecule has 4 rings (SSSR count). The van der Waals surface area contributed by atoms with Gasteiger partial charge in [-0.25, -0.2) is 4.79 Å². The monoisotopic (exact) mass is 341 g/mol. The van der Waals surface area contributed by atoms with Gasteiger partial charge >= 0.3 is 5.97 Å². The minimum absolute atomic E-state index is 0.0390. The van der Waals surface area contributed by atoms with Crippen molar-refractivity contribution < 1.29 is 14.7 Å². The lowest BCUT2D eigenvalue weighted by Crippen LogP contribution is -2.17. The topological polar surface area (TPSA) is 80.4 Å². The van der Waals surface area contributed by atoms with Crippen molar-refractivity contribution in [1.29, 1.82) is 0 Å². The van der Waals surface area contributed by atoms with Gasteiger partial charge in [0.15, 0.2) is 0 Å². The summed E-state index contributed by atoms with van der Waals surface area (Å²) in [5.41, 5.74) is 7.13. The van der Waals surface area contributed by atoms with Gasteiger partial charge in [0.05, 0.1) is 11.1 Å². The molecular formula is C22H15NO3. The van der Waals surface area contributed by atoms with E-state index in [2.05, 4.69) is 0 Å². The first kappa shape index (κ1) is 15.8. The summed E-state index contributed by atoms with van der Waals surface area (Å²) in [6.07, 6.45) is 0. The van der Waals surface area contributed by atoms with Crippen molar-refractivity contribution in [1.82, 2.24) is 0 Å². The quantitative estimate of drug-likeness (QED) is 0.577. The first-order chi connectivity index (χ1) is 12.6. The number of amides is 1. The molecule has 0 aliphatic carbocycles. The van der Waals surface area contributed by atoms with Crippen molar-refractivity contribution in [3.63, 3.8) is 0 Å². The Hall–Kier alpha value is -3.66. The van der Waals surface area contributed by atoms with Gasteiger partial charge in [0.25, 0.3) is 0 Å². The summed E-state index contributed by atoms with van der Waals surface area (Å²) in [6.45, 7) is 0. The second-order valence-electron chi connectivity index (χ2n) is 6.09. The highest BCUT2D eigenvalue weighted by molar-refractivity contribution is 6.18. The van der Waals surface area contributed by atoms with Crippen LogP contribution in [0.5, 0.6) is 0 Å². The van der Waals surface area contributed by atoms with Crippen LogP contribution in [0.4, 0.5) is 0 Å². The van der Waals surface area contributed by atoms with E-state index in [4.69, 9.17) is 5.73 Å². The number of carbonyl (C=O) groups excluding carboxylic acids is 1. The molecule has 126 valence electrons. The van der Waals surface area contributed by atoms with E-state index in [9.17, 15) is 14.7 Å². The Bertz CT molecular complexity index is 1190. The maximum Gasteiger partial charge on any atom is 0.336 e. The largest absolute Gasteiger partial charge is 0.478 e. The summed E-state index contributed by atoms with van der Waals surface area (Å²) in [4.78, 5) is 23.8. The highest BCUT2D eigenvalue weighted by Gasteiger charge is 2.21. The number of rotatable bonds is 3. The third-order valence-electron chi connectivity index (χ3n) is 4.60. The molecule has 4 aromatic rings. The number of hydrogen-bond acceptors (Lipinski definition) is 2. The Labute approximate surface area is 149 Å². The van der Waals surface area contributed by atoms with Crippen LogP contribution >= 0.6 is 0 Å². The minimum Gasteiger partial charge on any atom is -0.478 e. The predicted octanol–water partition coefficient (Wildman–Crippen LogP) is 4.46. The SMILES string of the molecule is NC(=O)c1c(C(=O)O)cc(-c2cccc3ccccc23)c2ccccc12. The van der Waals surface area contributed by atoms with Gasteiger partial charge in [-0.1, -0.05) is 66.7 Å². The van der Waals surface area contributed by atoms with Gasteiger partial charge in [-0.2, -0.15) is 0 Å². The summed E-state index contributed by atoms with van der Waals surface area (Å²) in [7, 11) is 0. The van der Waals surface area contributed by atoms with Crippen LogP contribution < -0.4 is 5.73 Å². The van der Waals surface area contributed by atoms with Crippen LogP contribution in [0.1, 0.15) is 20.7 Å². The number of carboxylic acid groups (broad SMARTS) is 1. The minimum atomic E-state index is -1.17. The summed E-state index contributed by atoms with van der Waals surface area (Å²) in [5, 5.41) is 13.1. The predicted molar refractivity (Wildman–Crippen MR) is 102 cm³/mol. The highest BCUT2D eigenvalue weighted by atomic mass is 16.4. The number of fused-ring (bicyclic) bond motifs is 2. The molecule has 0 aliphatic heterocycles. The number of primary amides is 1. The second-order valence-corrected chi connectivity index (χ2v) is 6.09. The van der Waals surface area contributed by atoms with Crippen LogP contribution in [0.2, 0.25) is 0 Å². The number of nitrogens with two attached hydrogens (primary N) is 1. The van der Waals surface area contributed by atoms with Gasteiger partial charge in [-0.15, -0.1) is 0 Å². The molecule has 0 saturated heterocycles. The number of carboxylic acids is 1. The maximum absolute atomic E-state index is 12.0. The van der Waals surface area contributed by atoms with Gasteiger partial charge in [-0.3, -0.25) is 4.79 Å². The highest BCUT2D eigenvalue weighted by Crippen LogP contribution is 2.36. The van der Waals surface area contributed by atoms with Gasteiger partial charge in [0, 0.05) is 0 Å². The fourth-order valence-electron chi connectivity index (χ4n) is 3.49. The van der Waals surface area contributed by atoms with E-state index in [-0.39, 0.29) is 11.1 Å². The van der Waals surface area contributed by atoms with Crippen molar-refractivity contribution in [3.05, 3.63) is 83.9 Å². The lowest BCUT2D eigenvalue weighted by atomic mass is 9.89. The number of carbonyl (C=O) groups is 2. The van der Waals surface area contributed by atoms with E-state index >= 15 is 0 Å². The second kappa shape index (κ2) is 6.01. The van der Waals surface area contributed by atoms with Crippen LogP contribution in [-0.2, 0) is 0 Å². The fraction of sp³-hybridized carbons (Fsp3) is 0. The Morgan fingerprint density at radius 1 is 0.731 bits per heavy atom. The lowest BCUT2D eigenvalue weighted by Gasteiger charge is -2.14. The third-order valence-corrected chi connectivity index (χ3v) is 4.60.